The molecule has 0 fully saturated rings. The second kappa shape index (κ2) is 7.38. The Morgan fingerprint density at radius 3 is 2.54 bits per heavy atom. The summed E-state index contributed by atoms with van der Waals surface area (Å²) in [7, 11) is -2.92. The first-order chi connectivity index (χ1) is 12.1. The van der Waals surface area contributed by atoms with E-state index in [-0.39, 0.29) is 32.5 Å². The second-order valence-corrected chi connectivity index (χ2v) is 7.55. The van der Waals surface area contributed by atoms with E-state index in [0.717, 1.165) is 13.1 Å². The minimum absolute atomic E-state index is 0.0556. The molecule has 0 aliphatic carbocycles. The first kappa shape index (κ1) is 19.8. The van der Waals surface area contributed by atoms with Gasteiger partial charge in [-0.15, -0.1) is 4.73 Å². The van der Waals surface area contributed by atoms with Gasteiger partial charge in [-0.05, 0) is 30.2 Å². The number of hydrogen-bond acceptors (Lipinski definition) is 7. The lowest BCUT2D eigenvalue weighted by atomic mass is 10.2. The highest BCUT2D eigenvalue weighted by atomic mass is 35.5. The van der Waals surface area contributed by atoms with Crippen LogP contribution < -0.4 is 20.9 Å². The highest BCUT2D eigenvalue weighted by Gasteiger charge is 2.30. The van der Waals surface area contributed by atoms with Gasteiger partial charge in [0.25, 0.3) is 0 Å². The number of sulfone groups is 1. The normalized spacial score (nSPS) is 11.2. The van der Waals surface area contributed by atoms with E-state index in [0.29, 0.717) is 4.73 Å². The van der Waals surface area contributed by atoms with Gasteiger partial charge >= 0.3 is 11.5 Å². The number of benzene rings is 1. The molecule has 0 aliphatic heterocycles. The number of nitrogens with zero attached hydrogens (tertiary/aromatic N) is 1. The van der Waals surface area contributed by atoms with E-state index in [4.69, 9.17) is 26.9 Å². The van der Waals surface area contributed by atoms with Crippen LogP contribution in [0.5, 0.6) is 5.75 Å². The molecule has 2 N–H and O–H groups in total. The van der Waals surface area contributed by atoms with Crippen molar-refractivity contribution >= 4 is 33.1 Å². The summed E-state index contributed by atoms with van der Waals surface area (Å²) < 4.78 is 32.1. The zero-order valence-electron chi connectivity index (χ0n) is 14.3. The molecule has 1 aromatic carbocycles. The van der Waals surface area contributed by atoms with Crippen LogP contribution in [0.25, 0.3) is 0 Å². The molecular formula is C16H17ClN2O6S. The van der Waals surface area contributed by atoms with Crippen molar-refractivity contribution in [1.82, 2.24) is 4.73 Å². The van der Waals surface area contributed by atoms with Crippen LogP contribution in [0.3, 0.4) is 0 Å². The summed E-state index contributed by atoms with van der Waals surface area (Å²) in [6.07, 6.45) is 1.34. The number of ether oxygens (including phenoxy) is 1. The van der Waals surface area contributed by atoms with Gasteiger partial charge in [0.2, 0.25) is 9.84 Å². The van der Waals surface area contributed by atoms with Crippen LogP contribution in [0.15, 0.2) is 39.0 Å². The fourth-order valence-electron chi connectivity index (χ4n) is 2.39. The average molecular weight is 401 g/mol. The second-order valence-electron chi connectivity index (χ2n) is 5.26. The maximum Gasteiger partial charge on any atom is 0.330 e. The molecule has 0 radical (unpaired) electrons. The molecule has 8 nitrogen and oxygen atoms in total. The summed E-state index contributed by atoms with van der Waals surface area (Å²) in [4.78, 5) is 27.6. The van der Waals surface area contributed by atoms with E-state index in [1.807, 2.05) is 0 Å². The van der Waals surface area contributed by atoms with Gasteiger partial charge in [0, 0.05) is 11.9 Å². The average Bonchev–Trinajstić information content (AvgIpc) is 2.57. The van der Waals surface area contributed by atoms with Gasteiger partial charge < -0.3 is 15.3 Å². The van der Waals surface area contributed by atoms with Crippen molar-refractivity contribution in [2.75, 3.05) is 12.8 Å². The van der Waals surface area contributed by atoms with Crippen molar-refractivity contribution in [2.45, 2.75) is 30.1 Å². The number of aromatic nitrogens is 1. The Bertz CT molecular complexity index is 1030. The highest BCUT2D eigenvalue weighted by Crippen LogP contribution is 2.34. The predicted molar refractivity (Wildman–Crippen MR) is 95.2 cm³/mol. The number of pyridine rings is 1. The number of methoxy groups -OCH3 is 1. The molecule has 1 aromatic heterocycles. The van der Waals surface area contributed by atoms with E-state index in [9.17, 15) is 18.0 Å². The molecule has 0 aliphatic rings. The van der Waals surface area contributed by atoms with Crippen LogP contribution in [0.2, 0.25) is 5.02 Å². The molecule has 0 atom stereocenters. The van der Waals surface area contributed by atoms with Gasteiger partial charge in [-0.25, -0.2) is 13.2 Å². The van der Waals surface area contributed by atoms with Crippen LogP contribution in [0.1, 0.15) is 19.4 Å². The van der Waals surface area contributed by atoms with E-state index in [2.05, 4.69) is 0 Å². The molecule has 10 heteroatoms. The molecule has 0 saturated heterocycles. The van der Waals surface area contributed by atoms with Crippen molar-refractivity contribution in [2.24, 2.45) is 0 Å². The third-order valence-corrected chi connectivity index (χ3v) is 5.68. The summed E-state index contributed by atoms with van der Waals surface area (Å²) in [5.74, 6) is -0.694. The van der Waals surface area contributed by atoms with Crippen LogP contribution in [0, 0.1) is 0 Å². The highest BCUT2D eigenvalue weighted by molar-refractivity contribution is 7.91. The maximum atomic E-state index is 13.2. The molecule has 2 aromatic rings. The number of carbonyl (C=O) groups is 1. The Morgan fingerprint density at radius 1 is 1.35 bits per heavy atom. The largest absolute Gasteiger partial charge is 0.495 e. The van der Waals surface area contributed by atoms with Gasteiger partial charge in [0.1, 0.15) is 21.2 Å². The quantitative estimate of drug-likeness (QED) is 0.807. The van der Waals surface area contributed by atoms with Gasteiger partial charge in [-0.1, -0.05) is 18.5 Å². The Kier molecular flexibility index (Phi) is 5.62. The van der Waals surface area contributed by atoms with Crippen molar-refractivity contribution < 1.29 is 22.8 Å². The van der Waals surface area contributed by atoms with Crippen molar-refractivity contribution in [3.8, 4) is 5.75 Å². The zero-order chi connectivity index (χ0) is 19.6. The number of carbonyl (C=O) groups excluding carboxylic acids is 1. The van der Waals surface area contributed by atoms with Gasteiger partial charge in [-0.2, -0.15) is 0 Å². The van der Waals surface area contributed by atoms with Crippen LogP contribution >= 0.6 is 11.6 Å². The summed E-state index contributed by atoms with van der Waals surface area (Å²) in [6, 6.07) is 4.09. The lowest BCUT2D eigenvalue weighted by Crippen LogP contribution is -2.33. The van der Waals surface area contributed by atoms with E-state index >= 15 is 0 Å². The molecular weight excluding hydrogens is 384 g/mol. The fourth-order valence-corrected chi connectivity index (χ4v) is 4.47. The molecule has 26 heavy (non-hydrogen) atoms. The summed E-state index contributed by atoms with van der Waals surface area (Å²) in [5.41, 5.74) is 4.49. The molecule has 0 amide bonds. The third kappa shape index (κ3) is 3.54. The molecule has 0 spiro atoms. The lowest BCUT2D eigenvalue weighted by molar-refractivity contribution is -0.141. The van der Waals surface area contributed by atoms with Gasteiger partial charge in [0.05, 0.1) is 13.3 Å². The molecule has 0 saturated carbocycles. The number of aryl methyl sites for hydroxylation is 1. The Balaban J connectivity index is 2.83. The zero-order valence-corrected chi connectivity index (χ0v) is 15.8. The summed E-state index contributed by atoms with van der Waals surface area (Å²) >= 11 is 5.92. The van der Waals surface area contributed by atoms with Crippen LogP contribution in [-0.2, 0) is 21.1 Å². The molecule has 0 bridgehead atoms. The third-order valence-electron chi connectivity index (χ3n) is 3.53. The van der Waals surface area contributed by atoms with Crippen LogP contribution in [0.4, 0.5) is 5.69 Å². The lowest BCUT2D eigenvalue weighted by Gasteiger charge is -2.16. The number of anilines is 1. The first-order valence-corrected chi connectivity index (χ1v) is 9.31. The maximum absolute atomic E-state index is 13.2. The number of nitrogens with two attached hydrogens (primary N) is 1. The fraction of sp³-hybridized carbons (Fsp3) is 0.250. The van der Waals surface area contributed by atoms with Gasteiger partial charge in [-0.3, -0.25) is 4.79 Å². The number of hydrogen-bond donors (Lipinski definition) is 1. The van der Waals surface area contributed by atoms with Gasteiger partial charge in [0.15, 0.2) is 0 Å². The number of halogens is 1. The first-order valence-electron chi connectivity index (χ1n) is 7.45. The van der Waals surface area contributed by atoms with E-state index in [1.165, 1.54) is 25.3 Å². The molecule has 2 rings (SSSR count). The topological polar surface area (TPSA) is 118 Å². The van der Waals surface area contributed by atoms with Crippen molar-refractivity contribution in [3.05, 3.63) is 45.3 Å². The standard InChI is InChI=1S/C16H17ClN2O6S/c1-4-10-8-19(25-9(2)20)16(21)14(18)15(10)26(22,23)13-7-11(17)5-6-12(13)24-3/h5-8H,4,18H2,1-3H3. The minimum Gasteiger partial charge on any atom is -0.495 e. The monoisotopic (exact) mass is 400 g/mol. The Hall–Kier alpha value is -2.52. The summed E-state index contributed by atoms with van der Waals surface area (Å²) in [5, 5.41) is 0.175. The molecule has 140 valence electrons. The van der Waals surface area contributed by atoms with E-state index in [1.54, 1.807) is 6.92 Å². The molecule has 1 heterocycles. The summed E-state index contributed by atoms with van der Waals surface area (Å²) in [6.45, 7) is 2.78. The van der Waals surface area contributed by atoms with E-state index < -0.39 is 27.1 Å². The van der Waals surface area contributed by atoms with Crippen molar-refractivity contribution in [1.29, 1.82) is 0 Å². The number of nitrogen functional groups attached to an aromatic ring is 1. The number of rotatable bonds is 5. The Labute approximate surface area is 155 Å². The van der Waals surface area contributed by atoms with Crippen LogP contribution in [-0.4, -0.2) is 26.2 Å². The Morgan fingerprint density at radius 2 is 2.00 bits per heavy atom. The molecule has 0 unspecified atom stereocenters. The SMILES string of the molecule is CCc1cn(OC(C)=O)c(=O)c(N)c1S(=O)(=O)c1cc(Cl)ccc1OC. The predicted octanol–water partition coefficient (Wildman–Crippen LogP) is 1.46. The smallest absolute Gasteiger partial charge is 0.330 e. The van der Waals surface area contributed by atoms with Crippen molar-refractivity contribution in [3.63, 3.8) is 0 Å². The minimum atomic E-state index is -4.23.